The highest BCUT2D eigenvalue weighted by molar-refractivity contribution is 5.35. The average molecular weight is 192 g/mol. The van der Waals surface area contributed by atoms with E-state index in [2.05, 4.69) is 34.6 Å². The zero-order valence-electron chi connectivity index (χ0n) is 10.4. The Labute approximate surface area is 88.8 Å². The molecule has 2 aliphatic rings. The Morgan fingerprint density at radius 1 is 1.00 bits per heavy atom. The maximum Gasteiger partial charge on any atom is -0.00851 e. The summed E-state index contributed by atoms with van der Waals surface area (Å²) in [6.45, 7) is 12.3. The molecule has 0 heteroatoms. The summed E-state index contributed by atoms with van der Waals surface area (Å²) < 4.78 is 0. The molecule has 0 saturated heterocycles. The van der Waals surface area contributed by atoms with E-state index in [1.165, 1.54) is 25.7 Å². The highest BCUT2D eigenvalue weighted by atomic mass is 14.6. The van der Waals surface area contributed by atoms with Gasteiger partial charge in [0, 0.05) is 0 Å². The molecular weight excluding hydrogens is 168 g/mol. The molecule has 0 nitrogen and oxygen atoms in total. The van der Waals surface area contributed by atoms with Crippen LogP contribution in [0.25, 0.3) is 0 Å². The van der Waals surface area contributed by atoms with E-state index in [1.54, 1.807) is 5.57 Å². The first kappa shape index (κ1) is 10.3. The van der Waals surface area contributed by atoms with Gasteiger partial charge in [-0.1, -0.05) is 45.8 Å². The summed E-state index contributed by atoms with van der Waals surface area (Å²) in [5.74, 6) is 0.799. The van der Waals surface area contributed by atoms with Crippen LogP contribution in [0, 0.1) is 16.7 Å². The predicted molar refractivity (Wildman–Crippen MR) is 62.2 cm³/mol. The van der Waals surface area contributed by atoms with Gasteiger partial charge in [-0.3, -0.25) is 0 Å². The molecule has 0 radical (unpaired) electrons. The van der Waals surface area contributed by atoms with Gasteiger partial charge >= 0.3 is 0 Å². The number of hydrogen-bond acceptors (Lipinski definition) is 0. The Bertz CT molecular complexity index is 278. The molecule has 0 aliphatic heterocycles. The Balaban J connectivity index is 2.47. The van der Waals surface area contributed by atoms with E-state index in [1.807, 2.05) is 5.57 Å². The fourth-order valence-electron chi connectivity index (χ4n) is 3.49. The normalized spacial score (nSPS) is 34.5. The van der Waals surface area contributed by atoms with Crippen LogP contribution in [0.4, 0.5) is 0 Å². The molecule has 1 unspecified atom stereocenters. The van der Waals surface area contributed by atoms with E-state index >= 15 is 0 Å². The molecule has 80 valence electrons. The first-order valence-corrected chi connectivity index (χ1v) is 6.11. The zero-order valence-corrected chi connectivity index (χ0v) is 10.4. The van der Waals surface area contributed by atoms with Crippen molar-refractivity contribution in [3.05, 3.63) is 11.1 Å². The highest BCUT2D eigenvalue weighted by Crippen LogP contribution is 2.61. The van der Waals surface area contributed by atoms with Crippen molar-refractivity contribution in [2.45, 2.75) is 60.3 Å². The molecule has 0 N–H and O–H groups in total. The summed E-state index contributed by atoms with van der Waals surface area (Å²) in [5, 5.41) is 0. The monoisotopic (exact) mass is 192 g/mol. The maximum absolute atomic E-state index is 2.46. The van der Waals surface area contributed by atoms with Gasteiger partial charge in [0.05, 0.1) is 0 Å². The summed E-state index contributed by atoms with van der Waals surface area (Å²) in [6.07, 6.45) is 5.60. The fourth-order valence-corrected chi connectivity index (χ4v) is 3.49. The molecule has 1 atom stereocenters. The lowest BCUT2D eigenvalue weighted by Crippen LogP contribution is -2.33. The summed E-state index contributed by atoms with van der Waals surface area (Å²) in [5.41, 5.74) is 4.51. The molecule has 0 bridgehead atoms. The van der Waals surface area contributed by atoms with Crippen LogP contribution in [0.15, 0.2) is 11.1 Å². The molecular formula is C14H24. The van der Waals surface area contributed by atoms with E-state index in [9.17, 15) is 0 Å². The van der Waals surface area contributed by atoms with Crippen molar-refractivity contribution in [3.63, 3.8) is 0 Å². The van der Waals surface area contributed by atoms with Gasteiger partial charge in [0.2, 0.25) is 0 Å². The standard InChI is InChI=1S/C14H24/c1-10-11-8-6-7-9-12(11)14(4,5)13(10,2)3/h10H,6-9H2,1-5H3. The molecule has 0 aromatic heterocycles. The zero-order chi connectivity index (χ0) is 10.6. The van der Waals surface area contributed by atoms with Crippen molar-refractivity contribution < 1.29 is 0 Å². The van der Waals surface area contributed by atoms with Gasteiger partial charge in [-0.2, -0.15) is 0 Å². The molecule has 2 aliphatic carbocycles. The van der Waals surface area contributed by atoms with Gasteiger partial charge < -0.3 is 0 Å². The quantitative estimate of drug-likeness (QED) is 0.494. The predicted octanol–water partition coefficient (Wildman–Crippen LogP) is 4.56. The van der Waals surface area contributed by atoms with Crippen LogP contribution in [0.5, 0.6) is 0 Å². The molecule has 14 heavy (non-hydrogen) atoms. The van der Waals surface area contributed by atoms with Gasteiger partial charge in [-0.25, -0.2) is 0 Å². The van der Waals surface area contributed by atoms with Crippen molar-refractivity contribution in [2.75, 3.05) is 0 Å². The second-order valence-corrected chi connectivity index (χ2v) is 6.28. The van der Waals surface area contributed by atoms with Gasteiger partial charge in [-0.15, -0.1) is 0 Å². The van der Waals surface area contributed by atoms with Crippen molar-refractivity contribution >= 4 is 0 Å². The van der Waals surface area contributed by atoms with Crippen molar-refractivity contribution in [1.82, 2.24) is 0 Å². The van der Waals surface area contributed by atoms with Crippen LogP contribution in [-0.4, -0.2) is 0 Å². The minimum Gasteiger partial charge on any atom is -0.0671 e. The molecule has 0 fully saturated rings. The van der Waals surface area contributed by atoms with Gasteiger partial charge in [0.25, 0.3) is 0 Å². The highest BCUT2D eigenvalue weighted by Gasteiger charge is 2.51. The Kier molecular flexibility index (Phi) is 2.10. The topological polar surface area (TPSA) is 0 Å². The summed E-state index contributed by atoms with van der Waals surface area (Å²) in [7, 11) is 0. The second kappa shape index (κ2) is 2.87. The van der Waals surface area contributed by atoms with E-state index in [0.29, 0.717) is 10.8 Å². The van der Waals surface area contributed by atoms with Crippen LogP contribution >= 0.6 is 0 Å². The van der Waals surface area contributed by atoms with Crippen LogP contribution in [0.3, 0.4) is 0 Å². The molecule has 0 amide bonds. The molecule has 0 aromatic carbocycles. The lowest BCUT2D eigenvalue weighted by Gasteiger charge is -2.40. The van der Waals surface area contributed by atoms with Crippen LogP contribution in [0.1, 0.15) is 60.3 Å². The van der Waals surface area contributed by atoms with Gasteiger partial charge in [0.15, 0.2) is 0 Å². The van der Waals surface area contributed by atoms with Crippen LogP contribution < -0.4 is 0 Å². The number of hydrogen-bond donors (Lipinski definition) is 0. The number of rotatable bonds is 0. The van der Waals surface area contributed by atoms with E-state index in [-0.39, 0.29) is 0 Å². The summed E-state index contributed by atoms with van der Waals surface area (Å²) in [4.78, 5) is 0. The second-order valence-electron chi connectivity index (χ2n) is 6.28. The van der Waals surface area contributed by atoms with Crippen LogP contribution in [0.2, 0.25) is 0 Å². The smallest absolute Gasteiger partial charge is 0.00851 e. The molecule has 0 spiro atoms. The first-order valence-electron chi connectivity index (χ1n) is 6.11. The number of allylic oxidation sites excluding steroid dienone is 2. The molecule has 0 aromatic rings. The summed E-state index contributed by atoms with van der Waals surface area (Å²) >= 11 is 0. The van der Waals surface area contributed by atoms with E-state index < -0.39 is 0 Å². The summed E-state index contributed by atoms with van der Waals surface area (Å²) in [6, 6.07) is 0. The van der Waals surface area contributed by atoms with Crippen molar-refractivity contribution in [1.29, 1.82) is 0 Å². The molecule has 2 rings (SSSR count). The SMILES string of the molecule is CC1C2=C(CCCC2)C(C)(C)C1(C)C. The molecule has 0 heterocycles. The van der Waals surface area contributed by atoms with Crippen molar-refractivity contribution in [2.24, 2.45) is 16.7 Å². The minimum absolute atomic E-state index is 0.433. The lowest BCUT2D eigenvalue weighted by atomic mass is 9.64. The Hall–Kier alpha value is -0.260. The van der Waals surface area contributed by atoms with Gasteiger partial charge in [0.1, 0.15) is 0 Å². The van der Waals surface area contributed by atoms with Gasteiger partial charge in [-0.05, 0) is 42.4 Å². The third-order valence-corrected chi connectivity index (χ3v) is 5.48. The lowest BCUT2D eigenvalue weighted by molar-refractivity contribution is 0.126. The first-order chi connectivity index (χ1) is 6.39. The van der Waals surface area contributed by atoms with Crippen LogP contribution in [-0.2, 0) is 0 Å². The van der Waals surface area contributed by atoms with E-state index in [0.717, 1.165) is 5.92 Å². The minimum atomic E-state index is 0.433. The third kappa shape index (κ3) is 1.06. The third-order valence-electron chi connectivity index (χ3n) is 5.48. The fraction of sp³-hybridized carbons (Fsp3) is 0.857. The van der Waals surface area contributed by atoms with Crippen molar-refractivity contribution in [3.8, 4) is 0 Å². The van der Waals surface area contributed by atoms with E-state index in [4.69, 9.17) is 0 Å². The maximum atomic E-state index is 2.46. The largest absolute Gasteiger partial charge is 0.0671 e. The molecule has 0 saturated carbocycles. The average Bonchev–Trinajstić information content (AvgIpc) is 2.27. The Morgan fingerprint density at radius 2 is 1.57 bits per heavy atom. The Morgan fingerprint density at radius 3 is 2.14 bits per heavy atom.